The van der Waals surface area contributed by atoms with Crippen LogP contribution in [0.25, 0.3) is 0 Å². The molecule has 198 valence electrons. The number of hydrogen-bond acceptors (Lipinski definition) is 3. The summed E-state index contributed by atoms with van der Waals surface area (Å²) in [6, 6.07) is 17.5. The molecule has 1 saturated heterocycles. The van der Waals surface area contributed by atoms with Crippen molar-refractivity contribution in [2.45, 2.75) is 88.3 Å². The molecule has 3 heterocycles. The molecule has 2 spiro atoms. The Morgan fingerprint density at radius 2 is 1.23 bits per heavy atom. The number of carbonyl (C=O) groups excluding carboxylic acids is 1. The second-order valence-electron chi connectivity index (χ2n) is 12.5. The Morgan fingerprint density at radius 1 is 0.692 bits per heavy atom. The Bertz CT molecular complexity index is 1510. The zero-order chi connectivity index (χ0) is 26.4. The molecule has 4 nitrogen and oxygen atoms in total. The average molecular weight is 535 g/mol. The fraction of sp³-hybridized carbons (Fsp3) is 0.412. The number of rotatable bonds is 1. The lowest BCUT2D eigenvalue weighted by molar-refractivity contribution is 0.0254. The summed E-state index contributed by atoms with van der Waals surface area (Å²) < 4.78 is 6.65. The van der Waals surface area contributed by atoms with Gasteiger partial charge in [-0.1, -0.05) is 49.6 Å². The van der Waals surface area contributed by atoms with E-state index in [0.29, 0.717) is 5.56 Å². The summed E-state index contributed by atoms with van der Waals surface area (Å²) in [6.07, 6.45) is 13.1. The molecule has 8 rings (SSSR count). The number of carboxylic acids is 1. The molecular formula is C34H34O4Si. The molecular weight excluding hydrogens is 500 g/mol. The van der Waals surface area contributed by atoms with Gasteiger partial charge in [0.15, 0.2) is 5.60 Å². The Kier molecular flexibility index (Phi) is 5.11. The third-order valence-corrected chi connectivity index (χ3v) is 15.9. The van der Waals surface area contributed by atoms with E-state index in [2.05, 4.69) is 24.3 Å². The highest BCUT2D eigenvalue weighted by Gasteiger charge is 2.59. The predicted octanol–water partition coefficient (Wildman–Crippen LogP) is 5.67. The van der Waals surface area contributed by atoms with Gasteiger partial charge in [0.25, 0.3) is 0 Å². The van der Waals surface area contributed by atoms with E-state index in [-0.39, 0.29) is 5.56 Å². The van der Waals surface area contributed by atoms with Crippen LogP contribution in [-0.4, -0.2) is 25.1 Å². The van der Waals surface area contributed by atoms with Crippen molar-refractivity contribution in [3.05, 3.63) is 92.5 Å². The van der Waals surface area contributed by atoms with Crippen LogP contribution >= 0.6 is 0 Å². The number of aromatic carboxylic acids is 1. The van der Waals surface area contributed by atoms with Crippen molar-refractivity contribution in [3.8, 4) is 0 Å². The number of ether oxygens (including phenoxy) is 1. The van der Waals surface area contributed by atoms with E-state index in [1.54, 1.807) is 6.07 Å². The van der Waals surface area contributed by atoms with Gasteiger partial charge in [0.2, 0.25) is 0 Å². The van der Waals surface area contributed by atoms with Gasteiger partial charge in [-0.15, -0.1) is 0 Å². The van der Waals surface area contributed by atoms with Crippen molar-refractivity contribution in [3.63, 3.8) is 0 Å². The average Bonchev–Trinajstić information content (AvgIpc) is 3.27. The number of esters is 1. The summed E-state index contributed by atoms with van der Waals surface area (Å²) >= 11 is 0. The lowest BCUT2D eigenvalue weighted by Crippen LogP contribution is -2.67. The summed E-state index contributed by atoms with van der Waals surface area (Å²) in [5.74, 6) is -1.42. The van der Waals surface area contributed by atoms with Gasteiger partial charge in [0.05, 0.1) is 11.1 Å². The maximum absolute atomic E-state index is 13.7. The number of carbonyl (C=O) groups is 2. The minimum absolute atomic E-state index is 0.132. The van der Waals surface area contributed by atoms with Crippen molar-refractivity contribution in [2.75, 3.05) is 0 Å². The largest absolute Gasteiger partial charge is 0.478 e. The second kappa shape index (κ2) is 8.41. The second-order valence-corrected chi connectivity index (χ2v) is 16.8. The van der Waals surface area contributed by atoms with Gasteiger partial charge in [-0.3, -0.25) is 0 Å². The summed E-state index contributed by atoms with van der Waals surface area (Å²) in [6.45, 7) is 0. The summed E-state index contributed by atoms with van der Waals surface area (Å²) in [5.41, 5.74) is 8.57. The van der Waals surface area contributed by atoms with Crippen LogP contribution in [0.15, 0.2) is 42.5 Å². The fourth-order valence-electron chi connectivity index (χ4n) is 8.73. The predicted molar refractivity (Wildman–Crippen MR) is 153 cm³/mol. The minimum atomic E-state index is -2.08. The molecule has 5 aliphatic rings. The lowest BCUT2D eigenvalue weighted by atomic mass is 9.75. The molecule has 5 heteroatoms. The highest BCUT2D eigenvalue weighted by Crippen LogP contribution is 2.52. The molecule has 1 fully saturated rings. The third-order valence-electron chi connectivity index (χ3n) is 10.6. The molecule has 0 radical (unpaired) electrons. The number of aryl methyl sites for hydroxylation is 4. The SMILES string of the molecule is O=C(O)c1ccc2c(c1)C(=O)OC21c2cc3c(cc2[Si]2(CCCCC2)c2cc4c(cc21)CCCC4)CCCC3. The smallest absolute Gasteiger partial charge is 0.340 e. The van der Waals surface area contributed by atoms with E-state index >= 15 is 0 Å². The highest BCUT2D eigenvalue weighted by molar-refractivity contribution is 7.03. The lowest BCUT2D eigenvalue weighted by Gasteiger charge is -2.49. The molecule has 3 aliphatic heterocycles. The van der Waals surface area contributed by atoms with Crippen LogP contribution in [-0.2, 0) is 36.0 Å². The van der Waals surface area contributed by atoms with Crippen molar-refractivity contribution in [2.24, 2.45) is 0 Å². The molecule has 1 N–H and O–H groups in total. The molecule has 2 aliphatic carbocycles. The van der Waals surface area contributed by atoms with Gasteiger partial charge in [0.1, 0.15) is 8.07 Å². The first-order valence-electron chi connectivity index (χ1n) is 15.0. The van der Waals surface area contributed by atoms with Crippen LogP contribution in [0.2, 0.25) is 12.1 Å². The molecule has 0 unspecified atom stereocenters. The maximum atomic E-state index is 13.7. The molecule has 0 bridgehead atoms. The highest BCUT2D eigenvalue weighted by atomic mass is 28.3. The van der Waals surface area contributed by atoms with E-state index in [1.165, 1.54) is 107 Å². The minimum Gasteiger partial charge on any atom is -0.478 e. The van der Waals surface area contributed by atoms with Crippen LogP contribution in [0.3, 0.4) is 0 Å². The molecule has 0 amide bonds. The first-order valence-corrected chi connectivity index (χ1v) is 17.4. The van der Waals surface area contributed by atoms with E-state index in [4.69, 9.17) is 4.74 Å². The van der Waals surface area contributed by atoms with E-state index < -0.39 is 25.6 Å². The molecule has 39 heavy (non-hydrogen) atoms. The van der Waals surface area contributed by atoms with E-state index in [1.807, 2.05) is 6.07 Å². The van der Waals surface area contributed by atoms with Crippen LogP contribution in [0.4, 0.5) is 0 Å². The first kappa shape index (κ1) is 23.7. The molecule has 0 atom stereocenters. The monoisotopic (exact) mass is 534 g/mol. The summed E-state index contributed by atoms with van der Waals surface area (Å²) in [4.78, 5) is 25.5. The van der Waals surface area contributed by atoms with Gasteiger partial charge in [0, 0.05) is 16.7 Å². The Balaban J connectivity index is 1.50. The van der Waals surface area contributed by atoms with Crippen molar-refractivity contribution < 1.29 is 19.4 Å². The van der Waals surface area contributed by atoms with Crippen molar-refractivity contribution >= 4 is 30.4 Å². The van der Waals surface area contributed by atoms with Gasteiger partial charge in [-0.05, 0) is 108 Å². The van der Waals surface area contributed by atoms with Crippen LogP contribution in [0.5, 0.6) is 0 Å². The number of hydrogen-bond donors (Lipinski definition) is 1. The number of carboxylic acid groups (broad SMARTS) is 1. The van der Waals surface area contributed by atoms with Gasteiger partial charge in [-0.25, -0.2) is 9.59 Å². The first-order chi connectivity index (χ1) is 19.0. The maximum Gasteiger partial charge on any atom is 0.340 e. The Hall–Kier alpha value is -3.18. The molecule has 3 aromatic rings. The van der Waals surface area contributed by atoms with Crippen LogP contribution in [0.1, 0.15) is 105 Å². The van der Waals surface area contributed by atoms with Gasteiger partial charge in [-0.2, -0.15) is 0 Å². The zero-order valence-corrected chi connectivity index (χ0v) is 23.4. The molecule has 3 aromatic carbocycles. The standard InChI is InChI=1S/C34H34O4Si/c35-32(36)25-12-13-27-26(16-25)33(37)38-34(27)28-17-21-8-2-4-10-23(21)19-30(28)39(14-6-1-7-15-39)31-20-24-11-5-3-9-22(24)18-29(31)34/h12-13,16-20H,1-11,14-15H2,(H,35,36). The third kappa shape index (κ3) is 3.17. The van der Waals surface area contributed by atoms with Crippen LogP contribution < -0.4 is 10.4 Å². The van der Waals surface area contributed by atoms with Gasteiger partial charge >= 0.3 is 11.9 Å². The molecule has 0 saturated carbocycles. The molecule has 0 aromatic heterocycles. The Morgan fingerprint density at radius 3 is 1.77 bits per heavy atom. The normalized spacial score (nSPS) is 21.4. The number of fused-ring (bicyclic) bond motifs is 10. The van der Waals surface area contributed by atoms with Crippen molar-refractivity contribution in [1.29, 1.82) is 0 Å². The topological polar surface area (TPSA) is 63.6 Å². The van der Waals surface area contributed by atoms with Crippen molar-refractivity contribution in [1.82, 2.24) is 0 Å². The van der Waals surface area contributed by atoms with E-state index in [0.717, 1.165) is 31.2 Å². The summed E-state index contributed by atoms with van der Waals surface area (Å²) in [5, 5.41) is 12.7. The number of benzene rings is 3. The van der Waals surface area contributed by atoms with Gasteiger partial charge < -0.3 is 9.84 Å². The van der Waals surface area contributed by atoms with Crippen LogP contribution in [0, 0.1) is 0 Å². The fourth-order valence-corrected chi connectivity index (χ4v) is 14.5. The zero-order valence-electron chi connectivity index (χ0n) is 22.4. The summed E-state index contributed by atoms with van der Waals surface area (Å²) in [7, 11) is -2.08. The quantitative estimate of drug-likeness (QED) is 0.323. The Labute approximate surface area is 230 Å². The van der Waals surface area contributed by atoms with E-state index in [9.17, 15) is 14.7 Å².